The van der Waals surface area contributed by atoms with Crippen molar-refractivity contribution >= 4 is 11.8 Å². The van der Waals surface area contributed by atoms with Crippen LogP contribution < -0.4 is 4.90 Å². The fraction of sp³-hybridized carbons (Fsp3) is 0.696. The van der Waals surface area contributed by atoms with E-state index >= 15 is 0 Å². The smallest absolute Gasteiger partial charge is 0.426 e. The van der Waals surface area contributed by atoms with Crippen molar-refractivity contribution in [2.45, 2.75) is 57.1 Å². The van der Waals surface area contributed by atoms with Crippen LogP contribution in [0, 0.1) is 5.41 Å². The molecule has 0 atom stereocenters. The van der Waals surface area contributed by atoms with Gasteiger partial charge in [-0.1, -0.05) is 12.1 Å². The van der Waals surface area contributed by atoms with E-state index in [9.17, 15) is 31.1 Å². The first kappa shape index (κ1) is 24.9. The summed E-state index contributed by atoms with van der Waals surface area (Å²) < 4.78 is 80.0. The molecule has 0 aromatic heterocycles. The molecule has 0 radical (unpaired) electrons. The molecule has 0 N–H and O–H groups in total. The van der Waals surface area contributed by atoms with Crippen molar-refractivity contribution in [1.82, 2.24) is 9.80 Å². The van der Waals surface area contributed by atoms with E-state index in [1.54, 1.807) is 0 Å². The van der Waals surface area contributed by atoms with Gasteiger partial charge in [0.2, 0.25) is 0 Å². The fourth-order valence-corrected chi connectivity index (χ4v) is 5.31. The van der Waals surface area contributed by atoms with E-state index < -0.39 is 24.5 Å². The number of rotatable bonds is 4. The highest BCUT2D eigenvalue weighted by molar-refractivity contribution is 5.68. The highest BCUT2D eigenvalue weighted by Gasteiger charge is 2.60. The topological polar surface area (TPSA) is 36.0 Å². The zero-order valence-electron chi connectivity index (χ0n) is 18.8. The van der Waals surface area contributed by atoms with Gasteiger partial charge in [-0.3, -0.25) is 4.90 Å². The summed E-state index contributed by atoms with van der Waals surface area (Å²) in [6, 6.07) is 8.50. The van der Waals surface area contributed by atoms with Crippen LogP contribution in [0.2, 0.25) is 0 Å². The second-order valence-corrected chi connectivity index (χ2v) is 9.66. The summed E-state index contributed by atoms with van der Waals surface area (Å²) in [5, 5.41) is 0. The number of hydrogen-bond acceptors (Lipinski definition) is 4. The molecule has 1 aromatic rings. The maximum absolute atomic E-state index is 12.7. The molecule has 0 unspecified atom stereocenters. The lowest BCUT2D eigenvalue weighted by Crippen LogP contribution is -2.50. The number of carbonyl (C=O) groups excluding carboxylic acids is 1. The number of nitrogens with zero attached hydrogens (tertiary/aromatic N) is 3. The van der Waals surface area contributed by atoms with Gasteiger partial charge >= 0.3 is 18.4 Å². The van der Waals surface area contributed by atoms with Gasteiger partial charge in [0.1, 0.15) is 0 Å². The quantitative estimate of drug-likeness (QED) is 0.540. The minimum Gasteiger partial charge on any atom is -0.426 e. The van der Waals surface area contributed by atoms with Crippen molar-refractivity contribution in [3.63, 3.8) is 0 Å². The van der Waals surface area contributed by atoms with Gasteiger partial charge in [-0.15, -0.1) is 0 Å². The van der Waals surface area contributed by atoms with E-state index in [2.05, 4.69) is 38.8 Å². The number of amides is 1. The van der Waals surface area contributed by atoms with Gasteiger partial charge in [-0.2, -0.15) is 26.3 Å². The molecule has 3 aliphatic rings. The van der Waals surface area contributed by atoms with Gasteiger partial charge in [0.05, 0.1) is 0 Å². The lowest BCUT2D eigenvalue weighted by Gasteiger charge is -2.39. The standard InChI is InChI=1S/C23H29F6N3O2/c24-22(25,26)19(23(27,28)29)34-20(33)32-12-7-21(8-13-32)6-11-30(16-21)15-17-4-3-5-18(14-17)31-9-1-2-10-31/h3-5,14,19H,1-2,6-13,15-16H2. The number of halogens is 6. The molecule has 3 heterocycles. The highest BCUT2D eigenvalue weighted by Crippen LogP contribution is 2.42. The lowest BCUT2D eigenvalue weighted by atomic mass is 9.78. The summed E-state index contributed by atoms with van der Waals surface area (Å²) in [5.41, 5.74) is 2.36. The molecular weight excluding hydrogens is 464 g/mol. The normalized spacial score (nSPS) is 21.6. The first-order valence-corrected chi connectivity index (χ1v) is 11.6. The van der Waals surface area contributed by atoms with Crippen LogP contribution >= 0.6 is 0 Å². The first-order valence-electron chi connectivity index (χ1n) is 11.6. The van der Waals surface area contributed by atoms with Gasteiger partial charge < -0.3 is 14.5 Å². The second-order valence-electron chi connectivity index (χ2n) is 9.66. The van der Waals surface area contributed by atoms with E-state index in [1.165, 1.54) is 24.1 Å². The van der Waals surface area contributed by atoms with E-state index in [4.69, 9.17) is 0 Å². The van der Waals surface area contributed by atoms with Crippen molar-refractivity contribution in [3.8, 4) is 0 Å². The molecule has 0 bridgehead atoms. The molecule has 4 rings (SSSR count). The largest absolute Gasteiger partial charge is 0.434 e. The van der Waals surface area contributed by atoms with E-state index in [0.29, 0.717) is 12.8 Å². The van der Waals surface area contributed by atoms with Crippen LogP contribution in [0.3, 0.4) is 0 Å². The minimum atomic E-state index is -5.71. The summed E-state index contributed by atoms with van der Waals surface area (Å²) in [5.74, 6) is 0. The van der Waals surface area contributed by atoms with E-state index in [1.807, 2.05) is 0 Å². The average Bonchev–Trinajstić information content (AvgIpc) is 3.42. The molecule has 11 heteroatoms. The van der Waals surface area contributed by atoms with Gasteiger partial charge in [-0.25, -0.2) is 4.79 Å². The van der Waals surface area contributed by atoms with Crippen LogP contribution in [0.1, 0.15) is 37.7 Å². The number of hydrogen-bond donors (Lipinski definition) is 0. The van der Waals surface area contributed by atoms with Crippen LogP contribution in [0.4, 0.5) is 36.8 Å². The Kier molecular flexibility index (Phi) is 6.94. The molecule has 0 saturated carbocycles. The molecular formula is C23H29F6N3O2. The number of piperidine rings is 1. The van der Waals surface area contributed by atoms with Gasteiger partial charge in [0.15, 0.2) is 0 Å². The summed E-state index contributed by atoms with van der Waals surface area (Å²) in [4.78, 5) is 17.7. The summed E-state index contributed by atoms with van der Waals surface area (Å²) in [6.45, 7) is 4.75. The van der Waals surface area contributed by atoms with Crippen LogP contribution in [0.15, 0.2) is 24.3 Å². The Morgan fingerprint density at radius 3 is 2.18 bits per heavy atom. The predicted molar refractivity (Wildman–Crippen MR) is 113 cm³/mol. The molecule has 1 amide bonds. The van der Waals surface area contributed by atoms with E-state index in [-0.39, 0.29) is 18.5 Å². The maximum Gasteiger partial charge on any atom is 0.434 e. The van der Waals surface area contributed by atoms with Crippen molar-refractivity contribution < 1.29 is 35.9 Å². The second kappa shape index (κ2) is 9.47. The van der Waals surface area contributed by atoms with Gasteiger partial charge in [0.25, 0.3) is 6.10 Å². The average molecular weight is 493 g/mol. The molecule has 1 spiro atoms. The predicted octanol–water partition coefficient (Wildman–Crippen LogP) is 5.20. The van der Waals surface area contributed by atoms with Crippen molar-refractivity contribution in [3.05, 3.63) is 29.8 Å². The van der Waals surface area contributed by atoms with Gasteiger partial charge in [0, 0.05) is 45.0 Å². The number of ether oxygens (including phenoxy) is 1. The molecule has 190 valence electrons. The van der Waals surface area contributed by atoms with E-state index in [0.717, 1.165) is 44.0 Å². The third kappa shape index (κ3) is 5.72. The zero-order chi connectivity index (χ0) is 24.6. The molecule has 1 aromatic carbocycles. The molecule has 0 aliphatic carbocycles. The third-order valence-electron chi connectivity index (χ3n) is 7.20. The summed E-state index contributed by atoms with van der Waals surface area (Å²) in [7, 11) is 0. The zero-order valence-corrected chi connectivity index (χ0v) is 18.8. The number of anilines is 1. The highest BCUT2D eigenvalue weighted by atomic mass is 19.4. The lowest BCUT2D eigenvalue weighted by molar-refractivity contribution is -0.308. The SMILES string of the molecule is O=C(OC(C(F)(F)F)C(F)(F)F)N1CCC2(CCN(Cc3cccc(N4CCCC4)c3)C2)CC1. The van der Waals surface area contributed by atoms with Crippen molar-refractivity contribution in [2.75, 3.05) is 44.2 Å². The Balaban J connectivity index is 1.29. The molecule has 34 heavy (non-hydrogen) atoms. The van der Waals surface area contributed by atoms with Crippen molar-refractivity contribution in [1.29, 1.82) is 0 Å². The van der Waals surface area contributed by atoms with Crippen LogP contribution in [0.25, 0.3) is 0 Å². The van der Waals surface area contributed by atoms with Crippen LogP contribution in [-0.4, -0.2) is 73.6 Å². The maximum atomic E-state index is 12.7. The minimum absolute atomic E-state index is 0.0829. The summed E-state index contributed by atoms with van der Waals surface area (Å²) in [6.07, 6.45) is -12.7. The van der Waals surface area contributed by atoms with Gasteiger partial charge in [-0.05, 0) is 61.8 Å². The Bertz CT molecular complexity index is 847. The fourth-order valence-electron chi connectivity index (χ4n) is 5.31. The van der Waals surface area contributed by atoms with Crippen molar-refractivity contribution in [2.24, 2.45) is 5.41 Å². The Morgan fingerprint density at radius 1 is 0.941 bits per heavy atom. The number of carbonyl (C=O) groups is 1. The van der Waals surface area contributed by atoms with Crippen LogP contribution in [0.5, 0.6) is 0 Å². The number of likely N-dealkylation sites (tertiary alicyclic amines) is 2. The number of alkyl halides is 6. The Morgan fingerprint density at radius 2 is 1.56 bits per heavy atom. The third-order valence-corrected chi connectivity index (χ3v) is 7.20. The molecule has 3 fully saturated rings. The Hall–Kier alpha value is -2.17. The Labute approximate surface area is 194 Å². The summed E-state index contributed by atoms with van der Waals surface area (Å²) >= 11 is 0. The monoisotopic (exact) mass is 493 g/mol. The first-order chi connectivity index (χ1) is 16.0. The molecule has 5 nitrogen and oxygen atoms in total. The number of benzene rings is 1. The van der Waals surface area contributed by atoms with Crippen LogP contribution in [-0.2, 0) is 11.3 Å². The molecule has 3 aliphatic heterocycles. The molecule has 3 saturated heterocycles.